The van der Waals surface area contributed by atoms with Crippen LogP contribution in [0.2, 0.25) is 0 Å². The van der Waals surface area contributed by atoms with E-state index < -0.39 is 27.0 Å². The molecule has 0 radical (unpaired) electrons. The van der Waals surface area contributed by atoms with Gasteiger partial charge in [-0.1, -0.05) is 24.6 Å². The van der Waals surface area contributed by atoms with Gasteiger partial charge in [-0.15, -0.1) is 0 Å². The summed E-state index contributed by atoms with van der Waals surface area (Å²) in [7, 11) is -3.34. The summed E-state index contributed by atoms with van der Waals surface area (Å²) < 4.78 is 32.8. The average Bonchev–Trinajstić information content (AvgIpc) is 3.20. The van der Waals surface area contributed by atoms with Crippen LogP contribution >= 0.6 is 0 Å². The van der Waals surface area contributed by atoms with Crippen LogP contribution in [-0.4, -0.2) is 37.3 Å². The molecule has 2 amide bonds. The van der Waals surface area contributed by atoms with E-state index in [2.05, 4.69) is 15.4 Å². The second-order valence-corrected chi connectivity index (χ2v) is 12.4. The van der Waals surface area contributed by atoms with Gasteiger partial charge in [0, 0.05) is 28.9 Å². The Balaban J connectivity index is 1.64. The Bertz CT molecular complexity index is 1150. The number of hydrogen-bond acceptors (Lipinski definition) is 5. The molecule has 1 aliphatic carbocycles. The second-order valence-electron chi connectivity index (χ2n) is 10.1. The molecule has 2 aromatic carbocycles. The van der Waals surface area contributed by atoms with E-state index in [1.54, 1.807) is 58.9 Å². The van der Waals surface area contributed by atoms with Gasteiger partial charge in [-0.2, -0.15) is 0 Å². The lowest BCUT2D eigenvalue weighted by Crippen LogP contribution is -2.40. The molecule has 3 rings (SSSR count). The fourth-order valence-electron chi connectivity index (χ4n) is 4.02. The normalized spacial score (nSPS) is 18.3. The molecule has 0 aromatic heterocycles. The number of anilines is 2. The summed E-state index contributed by atoms with van der Waals surface area (Å²) in [5.74, 6) is -0.210. The lowest BCUT2D eigenvalue weighted by molar-refractivity contribution is 0.0635. The van der Waals surface area contributed by atoms with Gasteiger partial charge in [0.15, 0.2) is 0 Å². The molecule has 190 valence electrons. The van der Waals surface area contributed by atoms with Gasteiger partial charge < -0.3 is 10.1 Å². The Labute approximate surface area is 207 Å². The molecule has 0 saturated heterocycles. The molecule has 2 atom stereocenters. The van der Waals surface area contributed by atoms with Crippen molar-refractivity contribution < 1.29 is 22.7 Å². The number of carbonyl (C=O) groups is 2. The van der Waals surface area contributed by atoms with Crippen molar-refractivity contribution in [1.29, 1.82) is 0 Å². The van der Waals surface area contributed by atoms with Crippen LogP contribution in [0.3, 0.4) is 0 Å². The maximum absolute atomic E-state index is 12.8. The molecule has 3 N–H and O–H groups in total. The van der Waals surface area contributed by atoms with Gasteiger partial charge >= 0.3 is 6.09 Å². The molecule has 1 fully saturated rings. The van der Waals surface area contributed by atoms with Crippen molar-refractivity contribution in [2.45, 2.75) is 76.7 Å². The zero-order valence-corrected chi connectivity index (χ0v) is 21.7. The zero-order chi connectivity index (χ0) is 25.8. The van der Waals surface area contributed by atoms with Gasteiger partial charge in [-0.3, -0.25) is 10.1 Å². The van der Waals surface area contributed by atoms with Gasteiger partial charge in [-0.05, 0) is 83.4 Å². The highest BCUT2D eigenvalue weighted by molar-refractivity contribution is 7.90. The lowest BCUT2D eigenvalue weighted by atomic mass is 9.94. The van der Waals surface area contributed by atoms with E-state index in [4.69, 9.17) is 4.74 Å². The standard InChI is InChI=1S/C26H35N3O5S/c1-17(2)35(32,33)29-23-11-7-10-22(23)18-12-14-20(15-13-18)27-24(30)19-8-6-9-21(16-19)28-25(31)34-26(3,4)5/h6,8-9,12-17,22-23,29H,7,10-11H2,1-5H3,(H,27,30)(H,28,31)/t22-,23-/m0/s1. The van der Waals surface area contributed by atoms with Crippen molar-refractivity contribution in [3.63, 3.8) is 0 Å². The zero-order valence-electron chi connectivity index (χ0n) is 20.9. The third-order valence-corrected chi connectivity index (χ3v) is 7.69. The third-order valence-electron chi connectivity index (χ3n) is 5.82. The molecular weight excluding hydrogens is 466 g/mol. The first-order chi connectivity index (χ1) is 16.3. The predicted molar refractivity (Wildman–Crippen MR) is 138 cm³/mol. The van der Waals surface area contributed by atoms with Crippen molar-refractivity contribution in [2.75, 3.05) is 10.6 Å². The molecule has 9 heteroatoms. The first-order valence-corrected chi connectivity index (χ1v) is 13.4. The minimum absolute atomic E-state index is 0.101. The van der Waals surface area contributed by atoms with Crippen molar-refractivity contribution >= 4 is 33.4 Å². The van der Waals surface area contributed by atoms with Gasteiger partial charge in [-0.25, -0.2) is 17.9 Å². The Morgan fingerprint density at radius 3 is 2.29 bits per heavy atom. The van der Waals surface area contributed by atoms with Crippen LogP contribution in [0, 0.1) is 0 Å². The van der Waals surface area contributed by atoms with E-state index in [0.29, 0.717) is 16.9 Å². The SMILES string of the molecule is CC(C)S(=O)(=O)N[C@H]1CCC[C@H]1c1ccc(NC(=O)c2cccc(NC(=O)OC(C)(C)C)c2)cc1. The molecule has 8 nitrogen and oxygen atoms in total. The van der Waals surface area contributed by atoms with Crippen LogP contribution in [0.15, 0.2) is 48.5 Å². The van der Waals surface area contributed by atoms with Crippen LogP contribution in [0.4, 0.5) is 16.2 Å². The Morgan fingerprint density at radius 2 is 1.66 bits per heavy atom. The fraction of sp³-hybridized carbons (Fsp3) is 0.462. The highest BCUT2D eigenvalue weighted by atomic mass is 32.2. The average molecular weight is 502 g/mol. The topological polar surface area (TPSA) is 114 Å². The molecule has 0 unspecified atom stereocenters. The molecule has 1 aliphatic rings. The van der Waals surface area contributed by atoms with Crippen LogP contribution in [0.25, 0.3) is 0 Å². The van der Waals surface area contributed by atoms with E-state index in [0.717, 1.165) is 24.8 Å². The first kappa shape index (κ1) is 26.7. The third kappa shape index (κ3) is 7.53. The van der Waals surface area contributed by atoms with E-state index in [1.807, 2.05) is 24.3 Å². The smallest absolute Gasteiger partial charge is 0.412 e. The molecule has 2 aromatic rings. The monoisotopic (exact) mass is 501 g/mol. The number of ether oxygens (including phenoxy) is 1. The van der Waals surface area contributed by atoms with Gasteiger partial charge in [0.25, 0.3) is 5.91 Å². The van der Waals surface area contributed by atoms with Crippen molar-refractivity contribution in [2.24, 2.45) is 0 Å². The summed E-state index contributed by atoms with van der Waals surface area (Å²) in [6.45, 7) is 8.68. The summed E-state index contributed by atoms with van der Waals surface area (Å²) >= 11 is 0. The molecule has 1 saturated carbocycles. The first-order valence-electron chi connectivity index (χ1n) is 11.9. The fourth-order valence-corrected chi connectivity index (χ4v) is 5.00. The number of hydrogen-bond donors (Lipinski definition) is 3. The number of amides is 2. The largest absolute Gasteiger partial charge is 0.444 e. The molecule has 0 bridgehead atoms. The highest BCUT2D eigenvalue weighted by Crippen LogP contribution is 2.35. The Kier molecular flexibility index (Phi) is 8.22. The predicted octanol–water partition coefficient (Wildman–Crippen LogP) is 5.25. The van der Waals surface area contributed by atoms with Crippen LogP contribution in [0.1, 0.15) is 75.7 Å². The second kappa shape index (κ2) is 10.8. The number of nitrogens with one attached hydrogen (secondary N) is 3. The van der Waals surface area contributed by atoms with E-state index >= 15 is 0 Å². The van der Waals surface area contributed by atoms with Gasteiger partial charge in [0.2, 0.25) is 10.0 Å². The molecular formula is C26H35N3O5S. The number of carbonyl (C=O) groups excluding carboxylic acids is 2. The van der Waals surface area contributed by atoms with Gasteiger partial charge in [0.05, 0.1) is 5.25 Å². The lowest BCUT2D eigenvalue weighted by Gasteiger charge is -2.23. The quantitative estimate of drug-likeness (QED) is 0.480. The maximum Gasteiger partial charge on any atom is 0.412 e. The van der Waals surface area contributed by atoms with Gasteiger partial charge in [0.1, 0.15) is 5.60 Å². The number of rotatable bonds is 7. The number of sulfonamides is 1. The summed E-state index contributed by atoms with van der Waals surface area (Å²) in [5, 5.41) is 5.03. The summed E-state index contributed by atoms with van der Waals surface area (Å²) in [6.07, 6.45) is 2.09. The minimum atomic E-state index is -3.34. The highest BCUT2D eigenvalue weighted by Gasteiger charge is 2.32. The molecule has 0 aliphatic heterocycles. The Hall–Kier alpha value is -2.91. The maximum atomic E-state index is 12.8. The summed E-state index contributed by atoms with van der Waals surface area (Å²) in [4.78, 5) is 24.8. The van der Waals surface area contributed by atoms with E-state index in [9.17, 15) is 18.0 Å². The van der Waals surface area contributed by atoms with Crippen molar-refractivity contribution in [3.8, 4) is 0 Å². The molecule has 35 heavy (non-hydrogen) atoms. The Morgan fingerprint density at radius 1 is 0.971 bits per heavy atom. The summed E-state index contributed by atoms with van der Waals surface area (Å²) in [5.41, 5.74) is 1.89. The summed E-state index contributed by atoms with van der Waals surface area (Å²) in [6, 6.07) is 14.0. The van der Waals surface area contributed by atoms with Crippen molar-refractivity contribution in [1.82, 2.24) is 4.72 Å². The minimum Gasteiger partial charge on any atom is -0.444 e. The number of benzene rings is 2. The molecule has 0 heterocycles. The van der Waals surface area contributed by atoms with E-state index in [-0.39, 0.29) is 17.9 Å². The van der Waals surface area contributed by atoms with Crippen molar-refractivity contribution in [3.05, 3.63) is 59.7 Å². The molecule has 0 spiro atoms. The van der Waals surface area contributed by atoms with Crippen LogP contribution < -0.4 is 15.4 Å². The van der Waals surface area contributed by atoms with E-state index in [1.165, 1.54) is 0 Å². The van der Waals surface area contributed by atoms with Crippen LogP contribution in [-0.2, 0) is 14.8 Å². The van der Waals surface area contributed by atoms with Crippen LogP contribution in [0.5, 0.6) is 0 Å².